The lowest BCUT2D eigenvalue weighted by Crippen LogP contribution is -2.36. The van der Waals surface area contributed by atoms with Crippen LogP contribution in [0.2, 0.25) is 0 Å². The lowest BCUT2D eigenvalue weighted by atomic mass is 9.70. The highest BCUT2D eigenvalue weighted by Gasteiger charge is 2.60. The van der Waals surface area contributed by atoms with Gasteiger partial charge in [0.05, 0.1) is 6.61 Å². The predicted molar refractivity (Wildman–Crippen MR) is 85.0 cm³/mol. The van der Waals surface area contributed by atoms with Gasteiger partial charge in [0.25, 0.3) is 5.91 Å². The Morgan fingerprint density at radius 3 is 2.81 bits per heavy atom. The fourth-order valence-corrected chi connectivity index (χ4v) is 3.71. The van der Waals surface area contributed by atoms with E-state index in [0.717, 1.165) is 18.6 Å². The molecule has 0 saturated heterocycles. The van der Waals surface area contributed by atoms with Crippen molar-refractivity contribution in [2.45, 2.75) is 59.5 Å². The molecule has 2 rings (SSSR count). The highest BCUT2D eigenvalue weighted by molar-refractivity contribution is 5.95. The van der Waals surface area contributed by atoms with Crippen molar-refractivity contribution in [2.24, 2.45) is 21.8 Å². The second-order valence-corrected chi connectivity index (χ2v) is 7.12. The van der Waals surface area contributed by atoms with E-state index in [1.807, 2.05) is 0 Å². The minimum Gasteiger partial charge on any atom is -0.368 e. The highest BCUT2D eigenvalue weighted by atomic mass is 16.5. The molecule has 118 valence electrons. The van der Waals surface area contributed by atoms with Gasteiger partial charge in [-0.05, 0) is 43.9 Å². The van der Waals surface area contributed by atoms with Crippen LogP contribution in [0.25, 0.3) is 0 Å². The molecule has 1 N–H and O–H groups in total. The average molecular weight is 292 g/mol. The van der Waals surface area contributed by atoms with Gasteiger partial charge in [0, 0.05) is 11.1 Å². The summed E-state index contributed by atoms with van der Waals surface area (Å²) in [6.07, 6.45) is 5.51. The number of hydrazone groups is 1. The van der Waals surface area contributed by atoms with Crippen LogP contribution in [0.3, 0.4) is 0 Å². The van der Waals surface area contributed by atoms with Crippen LogP contribution in [-0.4, -0.2) is 24.3 Å². The zero-order valence-electron chi connectivity index (χ0n) is 13.7. The summed E-state index contributed by atoms with van der Waals surface area (Å²) in [5.41, 5.74) is 4.25. The van der Waals surface area contributed by atoms with Gasteiger partial charge in [-0.2, -0.15) is 5.10 Å². The molecule has 0 radical (unpaired) electrons. The van der Waals surface area contributed by atoms with Crippen LogP contribution in [0.5, 0.6) is 0 Å². The summed E-state index contributed by atoms with van der Waals surface area (Å²) in [7, 11) is 0. The Hall–Kier alpha value is -1.16. The molecule has 0 aromatic heterocycles. The van der Waals surface area contributed by atoms with Crippen LogP contribution in [0, 0.1) is 16.7 Å². The van der Waals surface area contributed by atoms with Crippen LogP contribution in [-0.2, 0) is 9.53 Å². The third-order valence-electron chi connectivity index (χ3n) is 5.87. The van der Waals surface area contributed by atoms with E-state index in [1.54, 1.807) is 13.0 Å². The molecule has 2 saturated carbocycles. The Kier molecular flexibility index (Phi) is 4.57. The number of fused-ring (bicyclic) bond motifs is 2. The molecule has 2 aliphatic rings. The molecule has 4 nitrogen and oxygen atoms in total. The molecular formula is C17H28N2O2. The summed E-state index contributed by atoms with van der Waals surface area (Å²) in [4.78, 5) is 12.0. The molecule has 2 aliphatic carbocycles. The van der Waals surface area contributed by atoms with Crippen molar-refractivity contribution in [3.8, 4) is 0 Å². The van der Waals surface area contributed by atoms with Crippen molar-refractivity contribution < 1.29 is 9.53 Å². The first kappa shape index (κ1) is 16.2. The SMILES string of the molecule is C=CCCOC(C)C(=O)N/N=C1/CC2CCC1(C)C2(C)C. The van der Waals surface area contributed by atoms with E-state index in [9.17, 15) is 4.79 Å². The zero-order chi connectivity index (χ0) is 15.7. The molecule has 3 atom stereocenters. The normalized spacial score (nSPS) is 33.1. The van der Waals surface area contributed by atoms with Crippen molar-refractivity contribution in [2.75, 3.05) is 6.61 Å². The Morgan fingerprint density at radius 1 is 1.57 bits per heavy atom. The first-order chi connectivity index (χ1) is 9.83. The van der Waals surface area contributed by atoms with Gasteiger partial charge >= 0.3 is 0 Å². The molecule has 0 aromatic carbocycles. The van der Waals surface area contributed by atoms with Gasteiger partial charge in [0.15, 0.2) is 0 Å². The molecule has 0 spiro atoms. The van der Waals surface area contributed by atoms with Crippen LogP contribution in [0.15, 0.2) is 17.8 Å². The van der Waals surface area contributed by atoms with Gasteiger partial charge in [-0.15, -0.1) is 6.58 Å². The number of rotatable bonds is 6. The second kappa shape index (κ2) is 5.91. The minimum absolute atomic E-state index is 0.123. The smallest absolute Gasteiger partial charge is 0.268 e. The molecule has 1 amide bonds. The number of amides is 1. The fourth-order valence-electron chi connectivity index (χ4n) is 3.71. The lowest BCUT2D eigenvalue weighted by Gasteiger charge is -2.34. The second-order valence-electron chi connectivity index (χ2n) is 7.12. The molecule has 21 heavy (non-hydrogen) atoms. The van der Waals surface area contributed by atoms with E-state index in [0.29, 0.717) is 12.5 Å². The number of nitrogens with one attached hydrogen (secondary N) is 1. The largest absolute Gasteiger partial charge is 0.368 e. The van der Waals surface area contributed by atoms with Gasteiger partial charge in [-0.3, -0.25) is 4.79 Å². The summed E-state index contributed by atoms with van der Waals surface area (Å²) in [5, 5.41) is 4.44. The number of hydrogen-bond donors (Lipinski definition) is 1. The third kappa shape index (κ3) is 2.78. The van der Waals surface area contributed by atoms with Crippen LogP contribution in [0.4, 0.5) is 0 Å². The molecular weight excluding hydrogens is 264 g/mol. The number of hydrogen-bond acceptors (Lipinski definition) is 3. The highest BCUT2D eigenvalue weighted by Crippen LogP contribution is 2.63. The first-order valence-corrected chi connectivity index (χ1v) is 7.92. The summed E-state index contributed by atoms with van der Waals surface area (Å²) in [5.74, 6) is 0.523. The summed E-state index contributed by atoms with van der Waals surface area (Å²) >= 11 is 0. The van der Waals surface area contributed by atoms with Crippen molar-refractivity contribution in [3.05, 3.63) is 12.7 Å². The van der Waals surface area contributed by atoms with E-state index < -0.39 is 6.10 Å². The first-order valence-electron chi connectivity index (χ1n) is 7.92. The summed E-state index contributed by atoms with van der Waals surface area (Å²) < 4.78 is 5.43. The topological polar surface area (TPSA) is 50.7 Å². The van der Waals surface area contributed by atoms with Crippen molar-refractivity contribution in [1.29, 1.82) is 0 Å². The average Bonchev–Trinajstić information content (AvgIpc) is 2.77. The monoisotopic (exact) mass is 292 g/mol. The minimum atomic E-state index is -0.478. The molecule has 0 aromatic rings. The molecule has 0 aliphatic heterocycles. The maximum absolute atomic E-state index is 12.0. The summed E-state index contributed by atoms with van der Waals surface area (Å²) in [6.45, 7) is 12.8. The maximum atomic E-state index is 12.0. The van der Waals surface area contributed by atoms with E-state index in [2.05, 4.69) is 37.9 Å². The van der Waals surface area contributed by atoms with Crippen molar-refractivity contribution >= 4 is 11.6 Å². The predicted octanol–water partition coefficient (Wildman–Crippen LogP) is 3.29. The van der Waals surface area contributed by atoms with Gasteiger partial charge in [0.1, 0.15) is 6.10 Å². The Balaban J connectivity index is 1.93. The van der Waals surface area contributed by atoms with E-state index >= 15 is 0 Å². The van der Waals surface area contributed by atoms with Crippen LogP contribution in [0.1, 0.15) is 53.4 Å². The van der Waals surface area contributed by atoms with Crippen molar-refractivity contribution in [3.63, 3.8) is 0 Å². The Labute approximate surface area is 128 Å². The van der Waals surface area contributed by atoms with E-state index in [4.69, 9.17) is 4.74 Å². The van der Waals surface area contributed by atoms with Crippen LogP contribution >= 0.6 is 0 Å². The van der Waals surface area contributed by atoms with E-state index in [-0.39, 0.29) is 16.7 Å². The third-order valence-corrected chi connectivity index (χ3v) is 5.87. The van der Waals surface area contributed by atoms with Gasteiger partial charge in [0.2, 0.25) is 0 Å². The number of ether oxygens (including phenoxy) is 1. The standard InChI is InChI=1S/C17H28N2O2/c1-6-7-10-21-12(2)15(20)19-18-14-11-13-8-9-17(14,5)16(13,3)4/h6,12-13H,1,7-11H2,2-5H3,(H,19,20)/b18-14-. The Morgan fingerprint density at radius 2 is 2.29 bits per heavy atom. The quantitative estimate of drug-likeness (QED) is 0.464. The summed E-state index contributed by atoms with van der Waals surface area (Å²) in [6, 6.07) is 0. The Bertz CT molecular complexity index is 456. The molecule has 3 unspecified atom stereocenters. The maximum Gasteiger partial charge on any atom is 0.268 e. The molecule has 4 heteroatoms. The number of carbonyl (C=O) groups excluding carboxylic acids is 1. The lowest BCUT2D eigenvalue weighted by molar-refractivity contribution is -0.131. The van der Waals surface area contributed by atoms with Crippen LogP contribution < -0.4 is 5.43 Å². The molecule has 2 bridgehead atoms. The van der Waals surface area contributed by atoms with Gasteiger partial charge in [-0.1, -0.05) is 26.8 Å². The van der Waals surface area contributed by atoms with E-state index in [1.165, 1.54) is 12.8 Å². The van der Waals surface area contributed by atoms with Gasteiger partial charge < -0.3 is 4.74 Å². The molecule has 2 fully saturated rings. The zero-order valence-corrected chi connectivity index (χ0v) is 13.7. The number of carbonyl (C=O) groups is 1. The fraction of sp³-hybridized carbons (Fsp3) is 0.765. The number of nitrogens with zero attached hydrogens (tertiary/aromatic N) is 1. The van der Waals surface area contributed by atoms with Gasteiger partial charge in [-0.25, -0.2) is 5.43 Å². The molecule has 0 heterocycles. The van der Waals surface area contributed by atoms with Crippen molar-refractivity contribution in [1.82, 2.24) is 5.43 Å².